The number of nitrogens with one attached hydrogen (secondary N) is 1. The minimum Gasteiger partial charge on any atom is -0.494 e. The maximum Gasteiger partial charge on any atom is 0.274 e. The van der Waals surface area contributed by atoms with Crippen molar-refractivity contribution in [3.8, 4) is 17.0 Å². The van der Waals surface area contributed by atoms with E-state index >= 15 is 0 Å². The molecule has 0 aliphatic heterocycles. The third-order valence-corrected chi connectivity index (χ3v) is 6.42. The predicted molar refractivity (Wildman–Crippen MR) is 128 cm³/mol. The zero-order valence-electron chi connectivity index (χ0n) is 19.8. The summed E-state index contributed by atoms with van der Waals surface area (Å²) in [6.45, 7) is 3.77. The maximum absolute atomic E-state index is 14.7. The average Bonchev–Trinajstić information content (AvgIpc) is 2.83. The molecule has 2 aromatic heterocycles. The Balaban J connectivity index is 1.63. The van der Waals surface area contributed by atoms with E-state index in [4.69, 9.17) is 10.5 Å². The van der Waals surface area contributed by atoms with Gasteiger partial charge in [-0.25, -0.2) is 18.2 Å². The zero-order valence-corrected chi connectivity index (χ0v) is 19.8. The van der Waals surface area contributed by atoms with E-state index < -0.39 is 46.8 Å². The van der Waals surface area contributed by atoms with Crippen LogP contribution in [0.3, 0.4) is 0 Å². The quantitative estimate of drug-likeness (QED) is 0.462. The second-order valence-corrected chi connectivity index (χ2v) is 8.94. The van der Waals surface area contributed by atoms with Gasteiger partial charge in [-0.2, -0.15) is 0 Å². The van der Waals surface area contributed by atoms with Crippen molar-refractivity contribution >= 4 is 11.6 Å². The molecule has 0 saturated heterocycles. The lowest BCUT2D eigenvalue weighted by molar-refractivity contribution is 0.0521. The number of aliphatic hydroxyl groups excluding tert-OH is 1. The molecule has 4 N–H and O–H groups in total. The molecule has 1 fully saturated rings. The van der Waals surface area contributed by atoms with E-state index in [9.17, 15) is 23.1 Å². The van der Waals surface area contributed by atoms with Crippen molar-refractivity contribution < 1.29 is 27.8 Å². The van der Waals surface area contributed by atoms with Crippen molar-refractivity contribution in [3.05, 3.63) is 71.4 Å². The molecule has 4 rings (SSSR count). The number of nitrogens with zero attached hydrogens (tertiary/aromatic N) is 2. The predicted octanol–water partition coefficient (Wildman–Crippen LogP) is 4.41. The van der Waals surface area contributed by atoms with E-state index in [1.807, 2.05) is 6.92 Å². The van der Waals surface area contributed by atoms with Gasteiger partial charge in [0.25, 0.3) is 5.91 Å². The molecular weight excluding hydrogens is 473 g/mol. The van der Waals surface area contributed by atoms with Gasteiger partial charge in [-0.1, -0.05) is 6.92 Å². The highest BCUT2D eigenvalue weighted by Crippen LogP contribution is 2.38. The first kappa shape index (κ1) is 25.6. The Morgan fingerprint density at radius 1 is 1.17 bits per heavy atom. The summed E-state index contributed by atoms with van der Waals surface area (Å²) in [6.07, 6.45) is 3.65. The lowest BCUT2D eigenvalue weighted by Crippen LogP contribution is -2.44. The van der Waals surface area contributed by atoms with Crippen molar-refractivity contribution in [2.24, 2.45) is 11.7 Å². The largest absolute Gasteiger partial charge is 0.494 e. The fraction of sp³-hybridized carbons (Fsp3) is 0.346. The van der Waals surface area contributed by atoms with Gasteiger partial charge in [-0.15, -0.1) is 0 Å². The molecule has 1 aromatic carbocycles. The first-order valence-electron chi connectivity index (χ1n) is 11.7. The number of aromatic nitrogens is 2. The van der Waals surface area contributed by atoms with Crippen LogP contribution in [0.4, 0.5) is 18.9 Å². The number of anilines is 1. The summed E-state index contributed by atoms with van der Waals surface area (Å²) in [7, 11) is 0. The number of nitrogens with two attached hydrogens (primary N) is 1. The van der Waals surface area contributed by atoms with Crippen LogP contribution in [-0.2, 0) is 0 Å². The summed E-state index contributed by atoms with van der Waals surface area (Å²) < 4.78 is 49.0. The Kier molecular flexibility index (Phi) is 7.56. The molecule has 1 aliphatic rings. The average molecular weight is 501 g/mol. The smallest absolute Gasteiger partial charge is 0.274 e. The van der Waals surface area contributed by atoms with Crippen LogP contribution in [0.5, 0.6) is 5.75 Å². The number of carbonyl (C=O) groups is 1. The Morgan fingerprint density at radius 2 is 1.89 bits per heavy atom. The lowest BCUT2D eigenvalue weighted by atomic mass is 9.74. The number of hydrogen-bond donors (Lipinski definition) is 3. The van der Waals surface area contributed by atoms with Crippen molar-refractivity contribution in [1.29, 1.82) is 0 Å². The van der Waals surface area contributed by atoms with Crippen molar-refractivity contribution in [2.75, 3.05) is 11.9 Å². The maximum atomic E-state index is 14.7. The number of rotatable bonds is 6. The van der Waals surface area contributed by atoms with E-state index in [2.05, 4.69) is 15.3 Å². The summed E-state index contributed by atoms with van der Waals surface area (Å²) in [5, 5.41) is 12.9. The third-order valence-electron chi connectivity index (χ3n) is 6.42. The van der Waals surface area contributed by atoms with Crippen molar-refractivity contribution in [1.82, 2.24) is 9.97 Å². The van der Waals surface area contributed by atoms with Crippen LogP contribution in [0.25, 0.3) is 11.3 Å². The van der Waals surface area contributed by atoms with E-state index in [-0.39, 0.29) is 29.9 Å². The molecule has 36 heavy (non-hydrogen) atoms. The molecule has 0 bridgehead atoms. The van der Waals surface area contributed by atoms with Crippen molar-refractivity contribution in [2.45, 2.75) is 44.8 Å². The Bertz CT molecular complexity index is 1240. The van der Waals surface area contributed by atoms with Gasteiger partial charge in [0.1, 0.15) is 34.6 Å². The Labute approximate surface area is 206 Å². The number of hydrogen-bond acceptors (Lipinski definition) is 6. The molecule has 0 spiro atoms. The first-order valence-corrected chi connectivity index (χ1v) is 11.7. The second kappa shape index (κ2) is 10.6. The molecule has 7 nitrogen and oxygen atoms in total. The standard InChI is InChI=1S/C26H27F3N4O3/c1-3-36-15-10-18(28)23(19(29)11-15)24-17(27)4-5-21(32-24)26(35)33-22-12-31-7-6-16(22)14-8-13(2)25(34)20(30)9-14/h4-7,10-14,20,25,34H,3,8-9,30H2,1-2H3,(H,33,35)/t13-,14+,20+,25+/m0/s1. The van der Waals surface area contributed by atoms with E-state index in [1.165, 1.54) is 6.20 Å². The monoisotopic (exact) mass is 500 g/mol. The molecule has 0 unspecified atom stereocenters. The highest BCUT2D eigenvalue weighted by molar-refractivity contribution is 6.03. The minimum absolute atomic E-state index is 0.0273. The number of benzene rings is 1. The van der Waals surface area contributed by atoms with Crippen molar-refractivity contribution in [3.63, 3.8) is 0 Å². The van der Waals surface area contributed by atoms with E-state index in [0.717, 1.165) is 29.8 Å². The van der Waals surface area contributed by atoms with Crippen LogP contribution in [-0.4, -0.2) is 39.7 Å². The van der Waals surface area contributed by atoms with Crippen LogP contribution >= 0.6 is 0 Å². The summed E-state index contributed by atoms with van der Waals surface area (Å²) in [4.78, 5) is 21.0. The number of pyridine rings is 2. The fourth-order valence-electron chi connectivity index (χ4n) is 4.65. The molecule has 1 saturated carbocycles. The molecule has 4 atom stereocenters. The number of carbonyl (C=O) groups excluding carboxylic acids is 1. The van der Waals surface area contributed by atoms with Gasteiger partial charge in [-0.3, -0.25) is 9.78 Å². The molecule has 2 heterocycles. The molecule has 0 radical (unpaired) electrons. The minimum atomic E-state index is -1.07. The van der Waals surface area contributed by atoms with Gasteiger partial charge in [0.05, 0.1) is 30.2 Å². The normalized spacial score (nSPS) is 21.8. The molecule has 10 heteroatoms. The molecule has 1 amide bonds. The Hall–Kier alpha value is -3.50. The van der Waals surface area contributed by atoms with Gasteiger partial charge < -0.3 is 20.9 Å². The topological polar surface area (TPSA) is 110 Å². The Morgan fingerprint density at radius 3 is 2.56 bits per heavy atom. The molecule has 3 aromatic rings. The second-order valence-electron chi connectivity index (χ2n) is 8.94. The highest BCUT2D eigenvalue weighted by atomic mass is 19.1. The zero-order chi connectivity index (χ0) is 26.0. The van der Waals surface area contributed by atoms with Crippen LogP contribution in [0, 0.1) is 23.4 Å². The summed E-state index contributed by atoms with van der Waals surface area (Å²) in [6, 6.07) is 5.29. The molecular formula is C26H27F3N4O3. The van der Waals surface area contributed by atoms with E-state index in [0.29, 0.717) is 18.5 Å². The highest BCUT2D eigenvalue weighted by Gasteiger charge is 2.34. The van der Waals surface area contributed by atoms with Gasteiger partial charge in [0, 0.05) is 24.4 Å². The number of amides is 1. The number of halogens is 3. The van der Waals surface area contributed by atoms with Crippen LogP contribution < -0.4 is 15.8 Å². The first-order chi connectivity index (χ1) is 17.2. The summed E-state index contributed by atoms with van der Waals surface area (Å²) in [5.74, 6) is -3.93. The van der Waals surface area contributed by atoms with Gasteiger partial charge in [0.15, 0.2) is 0 Å². The van der Waals surface area contributed by atoms with Crippen LogP contribution in [0.2, 0.25) is 0 Å². The van der Waals surface area contributed by atoms with Gasteiger partial charge in [0.2, 0.25) is 0 Å². The summed E-state index contributed by atoms with van der Waals surface area (Å²) in [5.41, 5.74) is 5.74. The van der Waals surface area contributed by atoms with Gasteiger partial charge >= 0.3 is 0 Å². The third kappa shape index (κ3) is 5.19. The molecule has 1 aliphatic carbocycles. The SMILES string of the molecule is CCOc1cc(F)c(-c2nc(C(=O)Nc3cnccc3[C@H]3C[C@@H](N)[C@H](O)[C@@H](C)C3)ccc2F)c(F)c1. The number of ether oxygens (including phenoxy) is 1. The van der Waals surface area contributed by atoms with Gasteiger partial charge in [-0.05, 0) is 55.4 Å². The summed E-state index contributed by atoms with van der Waals surface area (Å²) >= 11 is 0. The lowest BCUT2D eigenvalue weighted by Gasteiger charge is -2.36. The molecule has 190 valence electrons. The fourth-order valence-corrected chi connectivity index (χ4v) is 4.65. The number of aliphatic hydroxyl groups is 1. The van der Waals surface area contributed by atoms with E-state index in [1.54, 1.807) is 19.2 Å². The van der Waals surface area contributed by atoms with Crippen LogP contribution in [0.1, 0.15) is 48.7 Å². The van der Waals surface area contributed by atoms with Crippen LogP contribution in [0.15, 0.2) is 42.7 Å².